The third-order valence-corrected chi connectivity index (χ3v) is 4.95. The highest BCUT2D eigenvalue weighted by atomic mass is 32.1. The second kappa shape index (κ2) is 6.94. The Hall–Kier alpha value is -2.87. The summed E-state index contributed by atoms with van der Waals surface area (Å²) in [6.07, 6.45) is 0.428. The molecule has 0 saturated heterocycles. The molecule has 146 valence electrons. The van der Waals surface area contributed by atoms with Gasteiger partial charge < -0.3 is 14.8 Å². The number of nitrogens with zero attached hydrogens (tertiary/aromatic N) is 3. The first-order valence-electron chi connectivity index (χ1n) is 9.01. The number of amides is 1. The molecule has 0 atom stereocenters. The van der Waals surface area contributed by atoms with E-state index in [2.05, 4.69) is 10.4 Å². The number of aromatic nitrogens is 3. The van der Waals surface area contributed by atoms with Crippen LogP contribution in [0, 0.1) is 12.3 Å². The number of rotatable bonds is 4. The van der Waals surface area contributed by atoms with Crippen LogP contribution < -0.4 is 14.8 Å². The van der Waals surface area contributed by atoms with Gasteiger partial charge in [0.2, 0.25) is 17.8 Å². The summed E-state index contributed by atoms with van der Waals surface area (Å²) in [4.78, 5) is 17.1. The lowest BCUT2D eigenvalue weighted by Gasteiger charge is -2.17. The molecule has 0 aliphatic carbocycles. The molecule has 1 aromatic carbocycles. The van der Waals surface area contributed by atoms with Crippen LogP contribution in [0.2, 0.25) is 0 Å². The minimum Gasteiger partial charge on any atom is -0.454 e. The normalized spacial score (nSPS) is 13.0. The Morgan fingerprint density at radius 1 is 1.25 bits per heavy atom. The van der Waals surface area contributed by atoms with Gasteiger partial charge in [-0.25, -0.2) is 4.98 Å². The van der Waals surface area contributed by atoms with E-state index in [1.165, 1.54) is 11.3 Å². The molecule has 0 radical (unpaired) electrons. The van der Waals surface area contributed by atoms with Crippen LogP contribution in [0.25, 0.3) is 16.4 Å². The maximum absolute atomic E-state index is 12.4. The monoisotopic (exact) mass is 398 g/mol. The predicted molar refractivity (Wildman–Crippen MR) is 108 cm³/mol. The number of aryl methyl sites for hydroxylation is 1. The van der Waals surface area contributed by atoms with E-state index in [1.54, 1.807) is 4.68 Å². The Labute approximate surface area is 167 Å². The molecule has 8 heteroatoms. The summed E-state index contributed by atoms with van der Waals surface area (Å²) in [5.74, 6) is 2.04. The van der Waals surface area contributed by atoms with Crippen molar-refractivity contribution in [1.29, 1.82) is 0 Å². The molecule has 1 N–H and O–H groups in total. The van der Waals surface area contributed by atoms with Crippen molar-refractivity contribution in [3.8, 4) is 27.9 Å². The number of carbonyl (C=O) groups excluding carboxylic acids is 1. The molecule has 1 amide bonds. The number of fused-ring (bicyclic) bond motifs is 1. The van der Waals surface area contributed by atoms with Gasteiger partial charge in [-0.15, -0.1) is 11.3 Å². The van der Waals surface area contributed by atoms with Gasteiger partial charge in [0, 0.05) is 23.4 Å². The number of anilines is 1. The number of ether oxygens (including phenoxy) is 2. The fourth-order valence-electron chi connectivity index (χ4n) is 2.95. The van der Waals surface area contributed by atoms with Gasteiger partial charge in [0.25, 0.3) is 0 Å². The third-order valence-electron chi connectivity index (χ3n) is 4.13. The molecule has 0 fully saturated rings. The van der Waals surface area contributed by atoms with E-state index in [4.69, 9.17) is 14.5 Å². The average molecular weight is 398 g/mol. The number of hydrogen-bond donors (Lipinski definition) is 1. The zero-order valence-corrected chi connectivity index (χ0v) is 17.1. The van der Waals surface area contributed by atoms with E-state index in [1.807, 2.05) is 57.3 Å². The molecule has 1 aliphatic heterocycles. The summed E-state index contributed by atoms with van der Waals surface area (Å²) in [6, 6.07) is 7.60. The quantitative estimate of drug-likeness (QED) is 0.704. The van der Waals surface area contributed by atoms with Crippen LogP contribution in [0.15, 0.2) is 29.6 Å². The maximum Gasteiger partial charge on any atom is 0.231 e. The van der Waals surface area contributed by atoms with Gasteiger partial charge in [-0.1, -0.05) is 20.8 Å². The standard InChI is InChI=1S/C20H22N4O3S/c1-12-7-17(22-18(25)9-20(2,3)4)24(23-12)19-21-14(10-28-19)13-5-6-15-16(8-13)27-11-26-15/h5-8,10H,9,11H2,1-4H3,(H,22,25). The van der Waals surface area contributed by atoms with Crippen molar-refractivity contribution in [2.24, 2.45) is 5.41 Å². The van der Waals surface area contributed by atoms with E-state index in [-0.39, 0.29) is 18.1 Å². The number of benzene rings is 1. The van der Waals surface area contributed by atoms with Crippen molar-refractivity contribution >= 4 is 23.1 Å². The second-order valence-electron chi connectivity index (χ2n) is 7.95. The maximum atomic E-state index is 12.4. The first kappa shape index (κ1) is 18.5. The summed E-state index contributed by atoms with van der Waals surface area (Å²) in [5.41, 5.74) is 2.48. The van der Waals surface area contributed by atoms with Crippen LogP contribution >= 0.6 is 11.3 Å². The first-order valence-corrected chi connectivity index (χ1v) is 9.89. The highest BCUT2D eigenvalue weighted by Crippen LogP contribution is 2.36. The molecular weight excluding hydrogens is 376 g/mol. The van der Waals surface area contributed by atoms with Crippen molar-refractivity contribution in [2.45, 2.75) is 34.1 Å². The summed E-state index contributed by atoms with van der Waals surface area (Å²) >= 11 is 1.46. The molecule has 7 nitrogen and oxygen atoms in total. The molecule has 0 saturated carbocycles. The van der Waals surface area contributed by atoms with E-state index in [9.17, 15) is 4.79 Å². The Bertz CT molecular complexity index is 1030. The Kier molecular flexibility index (Phi) is 4.58. The third kappa shape index (κ3) is 3.87. The number of carbonyl (C=O) groups is 1. The highest BCUT2D eigenvalue weighted by molar-refractivity contribution is 7.12. The molecule has 0 bridgehead atoms. The van der Waals surface area contributed by atoms with Crippen molar-refractivity contribution in [3.05, 3.63) is 35.3 Å². The molecule has 28 heavy (non-hydrogen) atoms. The van der Waals surface area contributed by atoms with Crippen LogP contribution in [0.5, 0.6) is 11.5 Å². The number of thiazole rings is 1. The smallest absolute Gasteiger partial charge is 0.231 e. The highest BCUT2D eigenvalue weighted by Gasteiger charge is 2.20. The lowest BCUT2D eigenvalue weighted by Crippen LogP contribution is -2.21. The zero-order chi connectivity index (χ0) is 19.9. The van der Waals surface area contributed by atoms with Gasteiger partial charge in [0.1, 0.15) is 5.82 Å². The zero-order valence-electron chi connectivity index (χ0n) is 16.3. The van der Waals surface area contributed by atoms with Gasteiger partial charge in [-0.05, 0) is 30.5 Å². The van der Waals surface area contributed by atoms with Crippen LogP contribution in [-0.2, 0) is 4.79 Å². The molecule has 2 aromatic heterocycles. The van der Waals surface area contributed by atoms with Crippen LogP contribution in [0.1, 0.15) is 32.9 Å². The van der Waals surface area contributed by atoms with Crippen LogP contribution in [-0.4, -0.2) is 27.5 Å². The van der Waals surface area contributed by atoms with Crippen molar-refractivity contribution in [1.82, 2.24) is 14.8 Å². The van der Waals surface area contributed by atoms with Crippen LogP contribution in [0.3, 0.4) is 0 Å². The van der Waals surface area contributed by atoms with Gasteiger partial charge in [0.15, 0.2) is 11.5 Å². The van der Waals surface area contributed by atoms with E-state index in [0.29, 0.717) is 17.4 Å². The topological polar surface area (TPSA) is 78.3 Å². The lowest BCUT2D eigenvalue weighted by atomic mass is 9.92. The molecular formula is C20H22N4O3S. The molecule has 0 spiro atoms. The van der Waals surface area contributed by atoms with Gasteiger partial charge in [-0.3, -0.25) is 4.79 Å². The molecule has 0 unspecified atom stereocenters. The van der Waals surface area contributed by atoms with Crippen molar-refractivity contribution < 1.29 is 14.3 Å². The Balaban J connectivity index is 1.60. The average Bonchev–Trinajstić information content (AvgIpc) is 3.31. The second-order valence-corrected chi connectivity index (χ2v) is 8.79. The largest absolute Gasteiger partial charge is 0.454 e. The molecule has 1 aliphatic rings. The van der Waals surface area contributed by atoms with Crippen molar-refractivity contribution in [2.75, 3.05) is 12.1 Å². The van der Waals surface area contributed by atoms with E-state index >= 15 is 0 Å². The minimum absolute atomic E-state index is 0.0406. The summed E-state index contributed by atoms with van der Waals surface area (Å²) in [5, 5.41) is 10.1. The molecule has 3 aromatic rings. The van der Waals surface area contributed by atoms with E-state index < -0.39 is 0 Å². The number of hydrogen-bond acceptors (Lipinski definition) is 6. The Morgan fingerprint density at radius 2 is 2.04 bits per heavy atom. The van der Waals surface area contributed by atoms with Crippen molar-refractivity contribution in [3.63, 3.8) is 0 Å². The van der Waals surface area contributed by atoms with Gasteiger partial charge in [0.05, 0.1) is 11.4 Å². The van der Waals surface area contributed by atoms with E-state index in [0.717, 1.165) is 28.5 Å². The lowest BCUT2D eigenvalue weighted by molar-refractivity contribution is -0.117. The SMILES string of the molecule is Cc1cc(NC(=O)CC(C)(C)C)n(-c2nc(-c3ccc4c(c3)OCO4)cs2)n1. The number of nitrogens with one attached hydrogen (secondary N) is 1. The summed E-state index contributed by atoms with van der Waals surface area (Å²) in [6.45, 7) is 8.24. The first-order chi connectivity index (χ1) is 13.3. The van der Waals surface area contributed by atoms with Crippen LogP contribution in [0.4, 0.5) is 5.82 Å². The fraction of sp³-hybridized carbons (Fsp3) is 0.350. The van der Waals surface area contributed by atoms with Gasteiger partial charge >= 0.3 is 0 Å². The minimum atomic E-state index is -0.0856. The molecule has 3 heterocycles. The predicted octanol–water partition coefficient (Wildman–Crippen LogP) is 4.41. The Morgan fingerprint density at radius 3 is 2.82 bits per heavy atom. The summed E-state index contributed by atoms with van der Waals surface area (Å²) in [7, 11) is 0. The summed E-state index contributed by atoms with van der Waals surface area (Å²) < 4.78 is 12.5. The van der Waals surface area contributed by atoms with Gasteiger partial charge in [-0.2, -0.15) is 9.78 Å². The fourth-order valence-corrected chi connectivity index (χ4v) is 3.75. The molecule has 4 rings (SSSR count).